The molecule has 4 rings (SSSR count). The maximum Gasteiger partial charge on any atom is 0.261 e. The van der Waals surface area contributed by atoms with E-state index in [9.17, 15) is 9.59 Å². The Hall–Kier alpha value is -2.40. The smallest absolute Gasteiger partial charge is 0.261 e. The number of fused-ring (bicyclic) bond motifs is 1. The summed E-state index contributed by atoms with van der Waals surface area (Å²) in [6, 6.07) is 7.87. The van der Waals surface area contributed by atoms with Crippen molar-refractivity contribution in [2.75, 3.05) is 19.8 Å². The number of hydrogen-bond acceptors (Lipinski definition) is 3. The van der Waals surface area contributed by atoms with Gasteiger partial charge in [0.05, 0.1) is 11.1 Å². The Kier molecular flexibility index (Phi) is 3.73. The number of benzene rings is 1. The van der Waals surface area contributed by atoms with Crippen LogP contribution in [0.15, 0.2) is 36.5 Å². The van der Waals surface area contributed by atoms with Gasteiger partial charge in [-0.1, -0.05) is 18.2 Å². The Morgan fingerprint density at radius 3 is 2.75 bits per heavy atom. The van der Waals surface area contributed by atoms with Crippen molar-refractivity contribution >= 4 is 28.3 Å². The van der Waals surface area contributed by atoms with Crippen LogP contribution < -0.4 is 0 Å². The van der Waals surface area contributed by atoms with E-state index in [4.69, 9.17) is 4.74 Å². The van der Waals surface area contributed by atoms with E-state index in [0.29, 0.717) is 31.2 Å². The van der Waals surface area contributed by atoms with Gasteiger partial charge in [-0.15, -0.1) is 0 Å². The first-order valence-corrected chi connectivity index (χ1v) is 8.35. The third kappa shape index (κ3) is 2.45. The lowest BCUT2D eigenvalue weighted by Gasteiger charge is -2.26. The van der Waals surface area contributed by atoms with Gasteiger partial charge in [0, 0.05) is 50.0 Å². The molecule has 3 heterocycles. The maximum atomic E-state index is 12.9. The summed E-state index contributed by atoms with van der Waals surface area (Å²) in [7, 11) is 1.95. The lowest BCUT2D eigenvalue weighted by atomic mass is 9.99. The first-order valence-electron chi connectivity index (χ1n) is 8.35. The van der Waals surface area contributed by atoms with Gasteiger partial charge in [-0.25, -0.2) is 0 Å². The zero-order valence-electron chi connectivity index (χ0n) is 13.7. The number of ether oxygens (including phenoxy) is 1. The van der Waals surface area contributed by atoms with E-state index in [2.05, 4.69) is 0 Å². The van der Waals surface area contributed by atoms with Crippen LogP contribution in [0.5, 0.6) is 0 Å². The molecule has 5 heteroatoms. The van der Waals surface area contributed by atoms with Gasteiger partial charge in [0.25, 0.3) is 11.8 Å². The van der Waals surface area contributed by atoms with Crippen molar-refractivity contribution in [2.45, 2.75) is 12.8 Å². The lowest BCUT2D eigenvalue weighted by Crippen LogP contribution is -2.37. The van der Waals surface area contributed by atoms with Crippen molar-refractivity contribution in [1.82, 2.24) is 9.47 Å². The second-order valence-corrected chi connectivity index (χ2v) is 6.54. The fourth-order valence-electron chi connectivity index (χ4n) is 3.64. The minimum absolute atomic E-state index is 0.180. The van der Waals surface area contributed by atoms with E-state index in [0.717, 1.165) is 29.3 Å². The topological polar surface area (TPSA) is 51.5 Å². The SMILES string of the molecule is Cn1ccc2cccc(C3=CC(=O)N(CC4CCOCC4)C3=O)c21. The predicted octanol–water partition coefficient (Wildman–Crippen LogP) is 2.36. The molecule has 0 atom stereocenters. The molecule has 2 amide bonds. The third-order valence-electron chi connectivity index (χ3n) is 4.98. The molecule has 0 bridgehead atoms. The van der Waals surface area contributed by atoms with Crippen molar-refractivity contribution in [3.05, 3.63) is 42.1 Å². The van der Waals surface area contributed by atoms with Crippen LogP contribution in [0.4, 0.5) is 0 Å². The maximum absolute atomic E-state index is 12.9. The molecule has 124 valence electrons. The molecule has 0 spiro atoms. The number of carbonyl (C=O) groups is 2. The van der Waals surface area contributed by atoms with Crippen LogP contribution >= 0.6 is 0 Å². The van der Waals surface area contributed by atoms with Crippen LogP contribution in [0.25, 0.3) is 16.5 Å². The average molecular weight is 324 g/mol. The zero-order valence-corrected chi connectivity index (χ0v) is 13.7. The second-order valence-electron chi connectivity index (χ2n) is 6.54. The van der Waals surface area contributed by atoms with Crippen molar-refractivity contribution in [3.8, 4) is 0 Å². The van der Waals surface area contributed by atoms with Gasteiger partial charge in [0.1, 0.15) is 0 Å². The largest absolute Gasteiger partial charge is 0.381 e. The highest BCUT2D eigenvalue weighted by Gasteiger charge is 2.34. The Morgan fingerprint density at radius 1 is 1.17 bits per heavy atom. The molecule has 0 saturated carbocycles. The molecule has 1 saturated heterocycles. The van der Waals surface area contributed by atoms with E-state index < -0.39 is 0 Å². The first kappa shape index (κ1) is 15.1. The number of nitrogens with zero attached hydrogens (tertiary/aromatic N) is 2. The molecule has 0 radical (unpaired) electrons. The molecular weight excluding hydrogens is 304 g/mol. The molecule has 1 aromatic heterocycles. The van der Waals surface area contributed by atoms with Crippen LogP contribution in [0, 0.1) is 5.92 Å². The first-order chi connectivity index (χ1) is 11.6. The van der Waals surface area contributed by atoms with Crippen LogP contribution in [0.3, 0.4) is 0 Å². The molecule has 2 aliphatic heterocycles. The van der Waals surface area contributed by atoms with E-state index in [-0.39, 0.29) is 11.8 Å². The zero-order chi connectivity index (χ0) is 16.7. The highest BCUT2D eigenvalue weighted by molar-refractivity contribution is 6.34. The molecule has 0 unspecified atom stereocenters. The van der Waals surface area contributed by atoms with Gasteiger partial charge < -0.3 is 9.30 Å². The van der Waals surface area contributed by atoms with Crippen molar-refractivity contribution in [3.63, 3.8) is 0 Å². The van der Waals surface area contributed by atoms with Crippen molar-refractivity contribution in [2.24, 2.45) is 13.0 Å². The number of imide groups is 1. The summed E-state index contributed by atoms with van der Waals surface area (Å²) in [4.78, 5) is 26.7. The minimum atomic E-state index is -0.201. The average Bonchev–Trinajstić information content (AvgIpc) is 3.11. The monoisotopic (exact) mass is 324 g/mol. The summed E-state index contributed by atoms with van der Waals surface area (Å²) in [6.07, 6.45) is 5.26. The molecule has 2 aromatic rings. The molecular formula is C19H20N2O3. The molecule has 1 fully saturated rings. The van der Waals surface area contributed by atoms with Gasteiger partial charge >= 0.3 is 0 Å². The number of carbonyl (C=O) groups excluding carboxylic acids is 2. The molecule has 0 aliphatic carbocycles. The fourth-order valence-corrected chi connectivity index (χ4v) is 3.64. The highest BCUT2D eigenvalue weighted by atomic mass is 16.5. The van der Waals surface area contributed by atoms with Crippen molar-refractivity contribution < 1.29 is 14.3 Å². The Bertz CT molecular complexity index is 843. The fraction of sp³-hybridized carbons (Fsp3) is 0.368. The normalized spacial score (nSPS) is 19.4. The van der Waals surface area contributed by atoms with Crippen LogP contribution in [0.2, 0.25) is 0 Å². The van der Waals surface area contributed by atoms with Crippen LogP contribution in [-0.4, -0.2) is 41.0 Å². The number of aryl methyl sites for hydroxylation is 1. The number of para-hydroxylation sites is 1. The summed E-state index contributed by atoms with van der Waals surface area (Å²) in [6.45, 7) is 1.91. The van der Waals surface area contributed by atoms with Crippen LogP contribution in [0.1, 0.15) is 18.4 Å². The van der Waals surface area contributed by atoms with Gasteiger partial charge in [-0.3, -0.25) is 14.5 Å². The quantitative estimate of drug-likeness (QED) is 0.815. The Morgan fingerprint density at radius 2 is 1.96 bits per heavy atom. The summed E-state index contributed by atoms with van der Waals surface area (Å²) in [5, 5.41) is 1.07. The van der Waals surface area contributed by atoms with E-state index in [1.54, 1.807) is 0 Å². The summed E-state index contributed by atoms with van der Waals surface area (Å²) < 4.78 is 7.35. The van der Waals surface area contributed by atoms with Crippen LogP contribution in [-0.2, 0) is 21.4 Å². The summed E-state index contributed by atoms with van der Waals surface area (Å²) in [5.41, 5.74) is 2.31. The number of hydrogen-bond donors (Lipinski definition) is 0. The minimum Gasteiger partial charge on any atom is -0.381 e. The van der Waals surface area contributed by atoms with Crippen molar-refractivity contribution in [1.29, 1.82) is 0 Å². The van der Waals surface area contributed by atoms with Gasteiger partial charge in [-0.05, 0) is 24.8 Å². The van der Waals surface area contributed by atoms with E-state index in [1.165, 1.54) is 11.0 Å². The Balaban J connectivity index is 1.64. The second kappa shape index (κ2) is 5.91. The number of aromatic nitrogens is 1. The standard InChI is InChI=1S/C19H20N2O3/c1-20-8-5-14-3-2-4-15(18(14)20)16-11-17(22)21(19(16)23)12-13-6-9-24-10-7-13/h2-5,8,11,13H,6-7,9-10,12H2,1H3. The van der Waals surface area contributed by atoms with Gasteiger partial charge in [-0.2, -0.15) is 0 Å². The van der Waals surface area contributed by atoms with E-state index >= 15 is 0 Å². The highest BCUT2D eigenvalue weighted by Crippen LogP contribution is 2.31. The summed E-state index contributed by atoms with van der Waals surface area (Å²) >= 11 is 0. The van der Waals surface area contributed by atoms with Gasteiger partial charge in [0.2, 0.25) is 0 Å². The number of amides is 2. The molecule has 1 aromatic carbocycles. The third-order valence-corrected chi connectivity index (χ3v) is 4.98. The summed E-state index contributed by atoms with van der Waals surface area (Å²) in [5.74, 6) is -0.0434. The molecule has 24 heavy (non-hydrogen) atoms. The van der Waals surface area contributed by atoms with E-state index in [1.807, 2.05) is 42.1 Å². The molecule has 5 nitrogen and oxygen atoms in total. The number of rotatable bonds is 3. The Labute approximate surface area is 140 Å². The predicted molar refractivity (Wildman–Crippen MR) is 91.2 cm³/mol. The lowest BCUT2D eigenvalue weighted by molar-refractivity contribution is -0.137. The molecule has 0 N–H and O–H groups in total. The molecule has 2 aliphatic rings. The van der Waals surface area contributed by atoms with Gasteiger partial charge in [0.15, 0.2) is 0 Å².